The van der Waals surface area contributed by atoms with Crippen LogP contribution in [-0.4, -0.2) is 82.8 Å². The Labute approximate surface area is 247 Å². The number of hydrogen-bond donors (Lipinski definition) is 0. The van der Waals surface area contributed by atoms with Crippen LogP contribution in [0.4, 0.5) is 0 Å². The van der Waals surface area contributed by atoms with Crippen molar-refractivity contribution in [2.24, 2.45) is 0 Å². The average Bonchev–Trinajstić information content (AvgIpc) is 3.05. The molecular weight excluding hydrogens is 536 g/mol. The highest BCUT2D eigenvalue weighted by molar-refractivity contribution is 5.96. The van der Waals surface area contributed by atoms with Gasteiger partial charge in [-0.2, -0.15) is 0 Å². The summed E-state index contributed by atoms with van der Waals surface area (Å²) in [5.41, 5.74) is 3.33. The molecule has 9 heteroatoms. The first-order valence-corrected chi connectivity index (χ1v) is 13.9. The topological polar surface area (TPSA) is 86.8 Å². The zero-order valence-electron chi connectivity index (χ0n) is 24.8. The monoisotopic (exact) mass is 574 g/mol. The second-order valence-electron chi connectivity index (χ2n) is 9.70. The van der Waals surface area contributed by atoms with Gasteiger partial charge in [0.2, 0.25) is 11.7 Å². The highest BCUT2D eigenvalue weighted by Crippen LogP contribution is 2.38. The number of nitrogens with zero attached hydrogens (tertiary/aromatic N) is 2. The summed E-state index contributed by atoms with van der Waals surface area (Å²) < 4.78 is 27.4. The van der Waals surface area contributed by atoms with Crippen molar-refractivity contribution >= 4 is 17.9 Å². The first-order valence-electron chi connectivity index (χ1n) is 13.9. The van der Waals surface area contributed by atoms with Crippen molar-refractivity contribution in [2.45, 2.75) is 13.3 Å². The van der Waals surface area contributed by atoms with E-state index in [4.69, 9.17) is 23.7 Å². The Morgan fingerprint density at radius 3 is 2.00 bits per heavy atom. The molecule has 0 unspecified atom stereocenters. The number of amides is 2. The molecule has 0 N–H and O–H groups in total. The van der Waals surface area contributed by atoms with Gasteiger partial charge in [-0.25, -0.2) is 0 Å². The lowest BCUT2D eigenvalue weighted by molar-refractivity contribution is -0.127. The van der Waals surface area contributed by atoms with E-state index >= 15 is 0 Å². The molecular formula is C33H38N2O7. The Morgan fingerprint density at radius 1 is 0.738 bits per heavy atom. The zero-order valence-corrected chi connectivity index (χ0v) is 24.8. The van der Waals surface area contributed by atoms with Gasteiger partial charge in [-0.15, -0.1) is 0 Å². The molecule has 4 rings (SSSR count). The number of hydrogen-bond acceptors (Lipinski definition) is 7. The molecule has 0 atom stereocenters. The zero-order chi connectivity index (χ0) is 30.1. The summed E-state index contributed by atoms with van der Waals surface area (Å²) in [6.07, 6.45) is 4.31. The molecule has 0 saturated carbocycles. The van der Waals surface area contributed by atoms with E-state index in [1.807, 2.05) is 48.5 Å². The second kappa shape index (κ2) is 14.3. The van der Waals surface area contributed by atoms with Gasteiger partial charge in [0.1, 0.15) is 0 Å². The Kier molecular flexibility index (Phi) is 10.3. The van der Waals surface area contributed by atoms with Gasteiger partial charge in [-0.1, -0.05) is 31.2 Å². The van der Waals surface area contributed by atoms with Crippen LogP contribution in [0.5, 0.6) is 28.7 Å². The van der Waals surface area contributed by atoms with Crippen molar-refractivity contribution in [3.63, 3.8) is 0 Å². The summed E-state index contributed by atoms with van der Waals surface area (Å²) >= 11 is 0. The lowest BCUT2D eigenvalue weighted by Crippen LogP contribution is -2.50. The van der Waals surface area contributed by atoms with Crippen LogP contribution >= 0.6 is 0 Å². The van der Waals surface area contributed by atoms with Gasteiger partial charge in [0.15, 0.2) is 23.0 Å². The van der Waals surface area contributed by atoms with Crippen molar-refractivity contribution in [3.8, 4) is 39.9 Å². The molecule has 3 aromatic carbocycles. The Balaban J connectivity index is 1.38. The van der Waals surface area contributed by atoms with E-state index in [-0.39, 0.29) is 11.8 Å². The standard InChI is InChI=1S/C33H38N2O7/c1-6-18-42-27-12-11-25(20-28(27)38-2)24-9-7-8-23(19-24)10-13-31(36)34-14-16-35(17-15-34)33(37)26-21-29(39-3)32(41-5)30(22-26)40-4/h7-13,19-22H,6,14-18H2,1-5H3. The number of ether oxygens (including phenoxy) is 5. The van der Waals surface area contributed by atoms with E-state index in [1.165, 1.54) is 21.3 Å². The van der Waals surface area contributed by atoms with Crippen LogP contribution in [0.2, 0.25) is 0 Å². The minimum absolute atomic E-state index is 0.0978. The SMILES string of the molecule is CCCOc1ccc(-c2cccc(C=CC(=O)N3CCN(C(=O)c4cc(OC)c(OC)c(OC)c4)CC3)c2)cc1OC. The second-order valence-corrected chi connectivity index (χ2v) is 9.70. The quantitative estimate of drug-likeness (QED) is 0.292. The Morgan fingerprint density at radius 2 is 1.38 bits per heavy atom. The van der Waals surface area contributed by atoms with Crippen LogP contribution < -0.4 is 23.7 Å². The molecule has 0 aliphatic carbocycles. The molecule has 1 saturated heterocycles. The number of carbonyl (C=O) groups excluding carboxylic acids is 2. The maximum absolute atomic E-state index is 13.2. The van der Waals surface area contributed by atoms with E-state index < -0.39 is 0 Å². The molecule has 222 valence electrons. The third-order valence-electron chi connectivity index (χ3n) is 7.05. The van der Waals surface area contributed by atoms with Crippen LogP contribution in [0, 0.1) is 0 Å². The highest BCUT2D eigenvalue weighted by atomic mass is 16.5. The van der Waals surface area contributed by atoms with Gasteiger partial charge in [0.05, 0.1) is 35.0 Å². The van der Waals surface area contributed by atoms with E-state index in [0.29, 0.717) is 61.3 Å². The number of piperazine rings is 1. The summed E-state index contributed by atoms with van der Waals surface area (Å²) in [5, 5.41) is 0. The van der Waals surface area contributed by atoms with E-state index in [0.717, 1.165) is 28.9 Å². The largest absolute Gasteiger partial charge is 0.493 e. The molecule has 42 heavy (non-hydrogen) atoms. The van der Waals surface area contributed by atoms with Crippen molar-refractivity contribution in [1.82, 2.24) is 9.80 Å². The number of benzene rings is 3. The Bertz CT molecular complexity index is 1400. The minimum atomic E-state index is -0.157. The smallest absolute Gasteiger partial charge is 0.254 e. The third kappa shape index (κ3) is 6.97. The van der Waals surface area contributed by atoms with E-state index in [2.05, 4.69) is 6.92 Å². The van der Waals surface area contributed by atoms with E-state index in [1.54, 1.807) is 35.1 Å². The van der Waals surface area contributed by atoms with Gasteiger partial charge in [-0.3, -0.25) is 9.59 Å². The van der Waals surface area contributed by atoms with Crippen LogP contribution in [-0.2, 0) is 4.79 Å². The first kappa shape index (κ1) is 30.3. The predicted octanol–water partition coefficient (Wildman–Crippen LogP) is 5.17. The lowest BCUT2D eigenvalue weighted by atomic mass is 10.0. The molecule has 1 fully saturated rings. The third-order valence-corrected chi connectivity index (χ3v) is 7.05. The van der Waals surface area contributed by atoms with Crippen molar-refractivity contribution in [1.29, 1.82) is 0 Å². The van der Waals surface area contributed by atoms with Crippen molar-refractivity contribution < 1.29 is 33.3 Å². The summed E-state index contributed by atoms with van der Waals surface area (Å²) in [6.45, 7) is 4.40. The van der Waals surface area contributed by atoms with Gasteiger partial charge in [0.25, 0.3) is 5.91 Å². The maximum Gasteiger partial charge on any atom is 0.254 e. The maximum atomic E-state index is 13.2. The average molecular weight is 575 g/mol. The van der Waals surface area contributed by atoms with Gasteiger partial charge < -0.3 is 33.5 Å². The first-order chi connectivity index (χ1) is 20.4. The van der Waals surface area contributed by atoms with Gasteiger partial charge >= 0.3 is 0 Å². The van der Waals surface area contributed by atoms with Gasteiger partial charge in [0, 0.05) is 37.8 Å². The Hall–Kier alpha value is -4.66. The van der Waals surface area contributed by atoms with Crippen LogP contribution in [0.3, 0.4) is 0 Å². The van der Waals surface area contributed by atoms with Crippen molar-refractivity contribution in [2.75, 3.05) is 61.2 Å². The molecule has 2 amide bonds. The lowest BCUT2D eigenvalue weighted by Gasteiger charge is -2.34. The fourth-order valence-corrected chi connectivity index (χ4v) is 4.79. The molecule has 0 radical (unpaired) electrons. The molecule has 0 spiro atoms. The predicted molar refractivity (Wildman–Crippen MR) is 162 cm³/mol. The fraction of sp³-hybridized carbons (Fsp3) is 0.333. The molecule has 9 nitrogen and oxygen atoms in total. The van der Waals surface area contributed by atoms with Crippen LogP contribution in [0.1, 0.15) is 29.3 Å². The van der Waals surface area contributed by atoms with Crippen LogP contribution in [0.25, 0.3) is 17.2 Å². The molecule has 0 aromatic heterocycles. The minimum Gasteiger partial charge on any atom is -0.493 e. The molecule has 1 heterocycles. The van der Waals surface area contributed by atoms with E-state index in [9.17, 15) is 9.59 Å². The van der Waals surface area contributed by atoms with Crippen LogP contribution in [0.15, 0.2) is 60.7 Å². The van der Waals surface area contributed by atoms with Crippen molar-refractivity contribution in [3.05, 3.63) is 71.8 Å². The molecule has 1 aliphatic heterocycles. The number of methoxy groups -OCH3 is 4. The highest BCUT2D eigenvalue weighted by Gasteiger charge is 2.26. The number of carbonyl (C=O) groups is 2. The molecule has 0 bridgehead atoms. The fourth-order valence-electron chi connectivity index (χ4n) is 4.79. The summed E-state index contributed by atoms with van der Waals surface area (Å²) in [7, 11) is 6.17. The number of rotatable bonds is 11. The molecule has 3 aromatic rings. The summed E-state index contributed by atoms with van der Waals surface area (Å²) in [5.74, 6) is 2.41. The normalized spacial score (nSPS) is 13.2. The summed E-state index contributed by atoms with van der Waals surface area (Å²) in [4.78, 5) is 29.7. The summed E-state index contributed by atoms with van der Waals surface area (Å²) in [6, 6.07) is 17.1. The molecule has 1 aliphatic rings. The van der Waals surface area contributed by atoms with Gasteiger partial charge in [-0.05, 0) is 59.5 Å².